The Labute approximate surface area is 160 Å². The molecule has 0 bridgehead atoms. The summed E-state index contributed by atoms with van der Waals surface area (Å²) in [5.74, 6) is 1.68. The standard InChI is InChI=1S/C17H16Cl2N4O3/c1-24-6-7-26-16-10-15(13(18)9-14(16)19)23-17(20-21-22-23)11-4-3-5-12(8-11)25-2/h3-5,8-10H,6-7H2,1-2H3. The molecule has 1 heterocycles. The summed E-state index contributed by atoms with van der Waals surface area (Å²) in [6, 6.07) is 10.7. The number of aromatic nitrogens is 4. The fraction of sp³-hybridized carbons (Fsp3) is 0.235. The number of methoxy groups -OCH3 is 2. The van der Waals surface area contributed by atoms with E-state index < -0.39 is 0 Å². The van der Waals surface area contributed by atoms with Gasteiger partial charge < -0.3 is 14.2 Å². The highest BCUT2D eigenvalue weighted by atomic mass is 35.5. The van der Waals surface area contributed by atoms with Crippen molar-refractivity contribution in [1.29, 1.82) is 0 Å². The van der Waals surface area contributed by atoms with E-state index >= 15 is 0 Å². The molecule has 9 heteroatoms. The maximum atomic E-state index is 6.37. The first-order valence-electron chi connectivity index (χ1n) is 7.68. The van der Waals surface area contributed by atoms with Crippen LogP contribution in [0.5, 0.6) is 11.5 Å². The minimum Gasteiger partial charge on any atom is -0.497 e. The van der Waals surface area contributed by atoms with E-state index in [9.17, 15) is 0 Å². The molecule has 0 amide bonds. The molecule has 0 aliphatic carbocycles. The van der Waals surface area contributed by atoms with Crippen molar-refractivity contribution in [3.05, 3.63) is 46.4 Å². The maximum Gasteiger partial charge on any atom is 0.187 e. The molecule has 0 fully saturated rings. The summed E-state index contributed by atoms with van der Waals surface area (Å²) < 4.78 is 17.4. The van der Waals surface area contributed by atoms with Crippen LogP contribution in [0.2, 0.25) is 10.0 Å². The van der Waals surface area contributed by atoms with Gasteiger partial charge in [0.05, 0.1) is 29.4 Å². The van der Waals surface area contributed by atoms with Crippen LogP contribution >= 0.6 is 23.2 Å². The fourth-order valence-corrected chi connectivity index (χ4v) is 2.84. The van der Waals surface area contributed by atoms with Gasteiger partial charge in [-0.15, -0.1) is 5.10 Å². The number of hydrogen-bond donors (Lipinski definition) is 0. The van der Waals surface area contributed by atoms with Crippen molar-refractivity contribution in [1.82, 2.24) is 20.2 Å². The topological polar surface area (TPSA) is 71.3 Å². The van der Waals surface area contributed by atoms with E-state index in [0.717, 1.165) is 5.56 Å². The van der Waals surface area contributed by atoms with Gasteiger partial charge in [0.25, 0.3) is 0 Å². The van der Waals surface area contributed by atoms with Crippen molar-refractivity contribution in [2.24, 2.45) is 0 Å². The third kappa shape index (κ3) is 3.90. The third-order valence-corrected chi connectivity index (χ3v) is 4.17. The highest BCUT2D eigenvalue weighted by molar-refractivity contribution is 6.36. The summed E-state index contributed by atoms with van der Waals surface area (Å²) in [7, 11) is 3.20. The summed E-state index contributed by atoms with van der Waals surface area (Å²) in [6.45, 7) is 0.796. The van der Waals surface area contributed by atoms with Crippen molar-refractivity contribution >= 4 is 23.2 Å². The first kappa shape index (κ1) is 18.4. The minimum absolute atomic E-state index is 0.357. The summed E-state index contributed by atoms with van der Waals surface area (Å²) in [5.41, 5.74) is 1.33. The molecule has 1 aromatic heterocycles. The molecule has 0 spiro atoms. The molecular weight excluding hydrogens is 379 g/mol. The van der Waals surface area contributed by atoms with Crippen LogP contribution in [0.25, 0.3) is 17.1 Å². The van der Waals surface area contributed by atoms with Crippen LogP contribution in [0, 0.1) is 0 Å². The Balaban J connectivity index is 2.02. The zero-order valence-electron chi connectivity index (χ0n) is 14.1. The highest BCUT2D eigenvalue weighted by Crippen LogP contribution is 2.34. The molecular formula is C17H16Cl2N4O3. The Morgan fingerprint density at radius 3 is 2.65 bits per heavy atom. The van der Waals surface area contributed by atoms with Gasteiger partial charge in [0, 0.05) is 18.7 Å². The number of tetrazole rings is 1. The Morgan fingerprint density at radius 2 is 1.88 bits per heavy atom. The molecule has 26 heavy (non-hydrogen) atoms. The molecule has 136 valence electrons. The molecule has 7 nitrogen and oxygen atoms in total. The van der Waals surface area contributed by atoms with Crippen molar-refractivity contribution in [2.45, 2.75) is 0 Å². The van der Waals surface area contributed by atoms with E-state index in [-0.39, 0.29) is 0 Å². The van der Waals surface area contributed by atoms with Gasteiger partial charge in [-0.2, -0.15) is 4.68 Å². The molecule has 0 saturated heterocycles. The van der Waals surface area contributed by atoms with Crippen LogP contribution in [-0.4, -0.2) is 47.6 Å². The van der Waals surface area contributed by atoms with Gasteiger partial charge in [0.2, 0.25) is 0 Å². The van der Waals surface area contributed by atoms with E-state index in [0.29, 0.717) is 46.3 Å². The lowest BCUT2D eigenvalue weighted by molar-refractivity contribution is 0.146. The van der Waals surface area contributed by atoms with Crippen LogP contribution in [-0.2, 0) is 4.74 Å². The second-order valence-corrected chi connectivity index (χ2v) is 6.04. The molecule has 3 rings (SSSR count). The maximum absolute atomic E-state index is 6.37. The van der Waals surface area contributed by atoms with Crippen molar-refractivity contribution in [3.63, 3.8) is 0 Å². The number of halogens is 2. The number of rotatable bonds is 7. The molecule has 0 aliphatic heterocycles. The highest BCUT2D eigenvalue weighted by Gasteiger charge is 2.17. The summed E-state index contributed by atoms with van der Waals surface area (Å²) in [4.78, 5) is 0. The van der Waals surface area contributed by atoms with Crippen LogP contribution in [0.4, 0.5) is 0 Å². The zero-order chi connectivity index (χ0) is 18.5. The fourth-order valence-electron chi connectivity index (χ4n) is 2.32. The van der Waals surface area contributed by atoms with E-state index in [1.165, 1.54) is 4.68 Å². The lowest BCUT2D eigenvalue weighted by atomic mass is 10.2. The zero-order valence-corrected chi connectivity index (χ0v) is 15.7. The van der Waals surface area contributed by atoms with Crippen LogP contribution < -0.4 is 9.47 Å². The Kier molecular flexibility index (Phi) is 5.92. The van der Waals surface area contributed by atoms with E-state index in [2.05, 4.69) is 15.5 Å². The van der Waals surface area contributed by atoms with Crippen LogP contribution in [0.15, 0.2) is 36.4 Å². The summed E-state index contributed by atoms with van der Waals surface area (Å²) in [5, 5.41) is 12.7. The summed E-state index contributed by atoms with van der Waals surface area (Å²) >= 11 is 12.6. The molecule has 0 N–H and O–H groups in total. The number of ether oxygens (including phenoxy) is 3. The lowest BCUT2D eigenvalue weighted by Crippen LogP contribution is -2.06. The van der Waals surface area contributed by atoms with Crippen LogP contribution in [0.3, 0.4) is 0 Å². The summed E-state index contributed by atoms with van der Waals surface area (Å²) in [6.07, 6.45) is 0. The Morgan fingerprint density at radius 1 is 1.04 bits per heavy atom. The van der Waals surface area contributed by atoms with Gasteiger partial charge >= 0.3 is 0 Å². The van der Waals surface area contributed by atoms with Crippen molar-refractivity contribution in [3.8, 4) is 28.6 Å². The van der Waals surface area contributed by atoms with Crippen molar-refractivity contribution < 1.29 is 14.2 Å². The van der Waals surface area contributed by atoms with Crippen LogP contribution in [0.1, 0.15) is 0 Å². The molecule has 0 saturated carbocycles. The molecule has 0 unspecified atom stereocenters. The number of hydrogen-bond acceptors (Lipinski definition) is 6. The first-order valence-corrected chi connectivity index (χ1v) is 8.43. The predicted octanol–water partition coefficient (Wildman–Crippen LogP) is 3.67. The normalized spacial score (nSPS) is 10.8. The van der Waals surface area contributed by atoms with E-state index in [1.54, 1.807) is 26.4 Å². The van der Waals surface area contributed by atoms with E-state index in [1.807, 2.05) is 24.3 Å². The Bertz CT molecular complexity index is 901. The minimum atomic E-state index is 0.357. The molecule has 2 aromatic carbocycles. The van der Waals surface area contributed by atoms with Gasteiger partial charge in [-0.05, 0) is 28.6 Å². The smallest absolute Gasteiger partial charge is 0.187 e. The lowest BCUT2D eigenvalue weighted by Gasteiger charge is -2.12. The average molecular weight is 395 g/mol. The molecule has 0 aliphatic rings. The molecule has 0 radical (unpaired) electrons. The van der Waals surface area contributed by atoms with Gasteiger partial charge in [0.15, 0.2) is 5.82 Å². The molecule has 3 aromatic rings. The van der Waals surface area contributed by atoms with Gasteiger partial charge in [0.1, 0.15) is 18.1 Å². The third-order valence-electron chi connectivity index (χ3n) is 3.57. The second kappa shape index (κ2) is 8.35. The van der Waals surface area contributed by atoms with Gasteiger partial charge in [-0.1, -0.05) is 35.3 Å². The second-order valence-electron chi connectivity index (χ2n) is 5.22. The van der Waals surface area contributed by atoms with Gasteiger partial charge in [-0.25, -0.2) is 0 Å². The number of nitrogens with zero attached hydrogens (tertiary/aromatic N) is 4. The SMILES string of the molecule is COCCOc1cc(-n2nnnc2-c2cccc(OC)c2)c(Cl)cc1Cl. The average Bonchev–Trinajstić information content (AvgIpc) is 3.13. The Hall–Kier alpha value is -2.35. The van der Waals surface area contributed by atoms with E-state index in [4.69, 9.17) is 37.4 Å². The predicted molar refractivity (Wildman–Crippen MR) is 98.5 cm³/mol. The van der Waals surface area contributed by atoms with Gasteiger partial charge in [-0.3, -0.25) is 0 Å². The first-order chi connectivity index (χ1) is 12.6. The van der Waals surface area contributed by atoms with Crippen molar-refractivity contribution in [2.75, 3.05) is 27.4 Å². The molecule has 0 atom stereocenters. The largest absolute Gasteiger partial charge is 0.497 e. The quantitative estimate of drug-likeness (QED) is 0.569. The monoisotopic (exact) mass is 394 g/mol. The number of benzene rings is 2.